The summed E-state index contributed by atoms with van der Waals surface area (Å²) in [6.45, 7) is 5.87. The lowest BCUT2D eigenvalue weighted by molar-refractivity contribution is 0.102. The SMILES string of the molecule is Cc1cccc(NC(=O)c2cccc(C(=O)Nc3c(C)cccc3C)c2)c1. The van der Waals surface area contributed by atoms with Crippen molar-refractivity contribution in [1.82, 2.24) is 0 Å². The molecule has 27 heavy (non-hydrogen) atoms. The van der Waals surface area contributed by atoms with Crippen LogP contribution in [-0.2, 0) is 0 Å². The van der Waals surface area contributed by atoms with Gasteiger partial charge in [-0.3, -0.25) is 9.59 Å². The molecule has 0 aromatic heterocycles. The van der Waals surface area contributed by atoms with E-state index in [1.165, 1.54) is 0 Å². The van der Waals surface area contributed by atoms with Gasteiger partial charge in [0.15, 0.2) is 0 Å². The van der Waals surface area contributed by atoms with Crippen molar-refractivity contribution >= 4 is 23.2 Å². The molecule has 4 heteroatoms. The van der Waals surface area contributed by atoms with Crippen LogP contribution in [0.15, 0.2) is 66.7 Å². The standard InChI is InChI=1S/C23H22N2O2/c1-15-7-4-12-20(13-15)24-22(26)18-10-6-11-19(14-18)23(27)25-21-16(2)8-5-9-17(21)3/h4-14H,1-3H3,(H,24,26)(H,25,27). The highest BCUT2D eigenvalue weighted by Crippen LogP contribution is 2.21. The molecule has 2 N–H and O–H groups in total. The van der Waals surface area contributed by atoms with Crippen molar-refractivity contribution in [3.8, 4) is 0 Å². The number of rotatable bonds is 4. The molecule has 0 fully saturated rings. The Morgan fingerprint density at radius 3 is 1.85 bits per heavy atom. The molecule has 0 unspecified atom stereocenters. The number of hydrogen-bond donors (Lipinski definition) is 2. The highest BCUT2D eigenvalue weighted by Gasteiger charge is 2.13. The van der Waals surface area contributed by atoms with Crippen molar-refractivity contribution in [2.75, 3.05) is 10.6 Å². The predicted octanol–water partition coefficient (Wildman–Crippen LogP) is 5.12. The lowest BCUT2D eigenvalue weighted by Crippen LogP contribution is -2.16. The Balaban J connectivity index is 1.78. The van der Waals surface area contributed by atoms with Gasteiger partial charge in [0.1, 0.15) is 0 Å². The zero-order valence-electron chi connectivity index (χ0n) is 15.7. The van der Waals surface area contributed by atoms with E-state index in [1.807, 2.05) is 63.2 Å². The number of aryl methyl sites for hydroxylation is 3. The van der Waals surface area contributed by atoms with Gasteiger partial charge in [0.25, 0.3) is 11.8 Å². The van der Waals surface area contributed by atoms with Crippen LogP contribution in [0.5, 0.6) is 0 Å². The number of carbonyl (C=O) groups excluding carboxylic acids is 2. The molecule has 0 heterocycles. The Morgan fingerprint density at radius 2 is 1.22 bits per heavy atom. The molecule has 0 saturated carbocycles. The third-order valence-corrected chi connectivity index (χ3v) is 4.38. The average Bonchev–Trinajstić information content (AvgIpc) is 2.65. The molecule has 3 aromatic carbocycles. The van der Waals surface area contributed by atoms with E-state index in [4.69, 9.17) is 0 Å². The maximum Gasteiger partial charge on any atom is 0.255 e. The van der Waals surface area contributed by atoms with Crippen LogP contribution in [0.1, 0.15) is 37.4 Å². The first-order valence-electron chi connectivity index (χ1n) is 8.79. The number of hydrogen-bond acceptors (Lipinski definition) is 2. The van der Waals surface area contributed by atoms with Gasteiger partial charge in [-0.25, -0.2) is 0 Å². The second-order valence-corrected chi connectivity index (χ2v) is 6.63. The summed E-state index contributed by atoms with van der Waals surface area (Å²) in [7, 11) is 0. The largest absolute Gasteiger partial charge is 0.322 e. The summed E-state index contributed by atoms with van der Waals surface area (Å²) in [5.41, 5.74) is 5.46. The molecule has 0 aliphatic carbocycles. The first-order valence-corrected chi connectivity index (χ1v) is 8.79. The van der Waals surface area contributed by atoms with E-state index in [9.17, 15) is 9.59 Å². The molecule has 0 radical (unpaired) electrons. The second-order valence-electron chi connectivity index (χ2n) is 6.63. The summed E-state index contributed by atoms with van der Waals surface area (Å²) in [5, 5.41) is 5.81. The molecule has 0 atom stereocenters. The van der Waals surface area contributed by atoms with Gasteiger partial charge in [0.2, 0.25) is 0 Å². The fourth-order valence-electron chi connectivity index (χ4n) is 2.93. The Morgan fingerprint density at radius 1 is 0.667 bits per heavy atom. The monoisotopic (exact) mass is 358 g/mol. The van der Waals surface area contributed by atoms with Crippen LogP contribution in [0, 0.1) is 20.8 Å². The second kappa shape index (κ2) is 7.87. The van der Waals surface area contributed by atoms with Crippen LogP contribution < -0.4 is 10.6 Å². The molecule has 0 aliphatic rings. The summed E-state index contributed by atoms with van der Waals surface area (Å²) in [6, 6.07) is 20.2. The van der Waals surface area contributed by atoms with Gasteiger partial charge >= 0.3 is 0 Å². The fourth-order valence-corrected chi connectivity index (χ4v) is 2.93. The number of para-hydroxylation sites is 1. The third-order valence-electron chi connectivity index (χ3n) is 4.38. The lowest BCUT2D eigenvalue weighted by Gasteiger charge is -2.12. The topological polar surface area (TPSA) is 58.2 Å². The van der Waals surface area contributed by atoms with Gasteiger partial charge in [-0.2, -0.15) is 0 Å². The van der Waals surface area contributed by atoms with Crippen LogP contribution in [0.4, 0.5) is 11.4 Å². The highest BCUT2D eigenvalue weighted by molar-refractivity contribution is 6.09. The van der Waals surface area contributed by atoms with E-state index in [0.29, 0.717) is 11.1 Å². The molecule has 0 aliphatic heterocycles. The quantitative estimate of drug-likeness (QED) is 0.680. The van der Waals surface area contributed by atoms with Crippen LogP contribution >= 0.6 is 0 Å². The number of amides is 2. The molecule has 136 valence electrons. The molecule has 0 saturated heterocycles. The predicted molar refractivity (Wildman–Crippen MR) is 109 cm³/mol. The van der Waals surface area contributed by atoms with Crippen molar-refractivity contribution in [3.05, 3.63) is 94.5 Å². The van der Waals surface area contributed by atoms with E-state index in [0.717, 1.165) is 28.1 Å². The summed E-state index contributed by atoms with van der Waals surface area (Å²) < 4.78 is 0. The van der Waals surface area contributed by atoms with Crippen molar-refractivity contribution in [3.63, 3.8) is 0 Å². The molecule has 3 aromatic rings. The fraction of sp³-hybridized carbons (Fsp3) is 0.130. The minimum absolute atomic E-state index is 0.238. The van der Waals surface area contributed by atoms with E-state index in [2.05, 4.69) is 10.6 Å². The number of anilines is 2. The summed E-state index contributed by atoms with van der Waals surface area (Å²) >= 11 is 0. The Kier molecular flexibility index (Phi) is 5.36. The van der Waals surface area contributed by atoms with Crippen LogP contribution in [0.3, 0.4) is 0 Å². The summed E-state index contributed by atoms with van der Waals surface area (Å²) in [6.07, 6.45) is 0. The van der Waals surface area contributed by atoms with E-state index in [-0.39, 0.29) is 11.8 Å². The maximum atomic E-state index is 12.7. The van der Waals surface area contributed by atoms with E-state index < -0.39 is 0 Å². The zero-order valence-corrected chi connectivity index (χ0v) is 15.7. The molecule has 4 nitrogen and oxygen atoms in total. The van der Waals surface area contributed by atoms with Gasteiger partial charge in [0.05, 0.1) is 0 Å². The third kappa shape index (κ3) is 4.42. The van der Waals surface area contributed by atoms with Crippen LogP contribution in [0.25, 0.3) is 0 Å². The summed E-state index contributed by atoms with van der Waals surface area (Å²) in [5.74, 6) is -0.486. The first-order chi connectivity index (χ1) is 12.9. The van der Waals surface area contributed by atoms with E-state index >= 15 is 0 Å². The van der Waals surface area contributed by atoms with E-state index in [1.54, 1.807) is 24.3 Å². The van der Waals surface area contributed by atoms with Gasteiger partial charge in [-0.15, -0.1) is 0 Å². The minimum Gasteiger partial charge on any atom is -0.322 e. The van der Waals surface area contributed by atoms with Crippen molar-refractivity contribution in [2.45, 2.75) is 20.8 Å². The first kappa shape index (κ1) is 18.4. The number of benzene rings is 3. The van der Waals surface area contributed by atoms with Crippen molar-refractivity contribution in [1.29, 1.82) is 0 Å². The lowest BCUT2D eigenvalue weighted by atomic mass is 10.1. The van der Waals surface area contributed by atoms with Gasteiger partial charge in [0, 0.05) is 22.5 Å². The number of nitrogens with one attached hydrogen (secondary N) is 2. The summed E-state index contributed by atoms with van der Waals surface area (Å²) in [4.78, 5) is 25.2. The van der Waals surface area contributed by atoms with Gasteiger partial charge in [-0.05, 0) is 67.8 Å². The van der Waals surface area contributed by atoms with Crippen LogP contribution in [-0.4, -0.2) is 11.8 Å². The zero-order chi connectivity index (χ0) is 19.4. The smallest absolute Gasteiger partial charge is 0.255 e. The number of carbonyl (C=O) groups is 2. The normalized spacial score (nSPS) is 10.3. The molecule has 0 bridgehead atoms. The van der Waals surface area contributed by atoms with Crippen molar-refractivity contribution in [2.24, 2.45) is 0 Å². The molecular weight excluding hydrogens is 336 g/mol. The molecular formula is C23H22N2O2. The Labute approximate surface area is 159 Å². The van der Waals surface area contributed by atoms with Crippen molar-refractivity contribution < 1.29 is 9.59 Å². The molecule has 0 spiro atoms. The van der Waals surface area contributed by atoms with Gasteiger partial charge < -0.3 is 10.6 Å². The Bertz CT molecular complexity index is 989. The Hall–Kier alpha value is -3.40. The molecule has 3 rings (SSSR count). The van der Waals surface area contributed by atoms with Crippen LogP contribution in [0.2, 0.25) is 0 Å². The highest BCUT2D eigenvalue weighted by atomic mass is 16.2. The van der Waals surface area contributed by atoms with Gasteiger partial charge in [-0.1, -0.05) is 36.4 Å². The molecule has 2 amide bonds. The maximum absolute atomic E-state index is 12.7. The minimum atomic E-state index is -0.248. The average molecular weight is 358 g/mol.